The van der Waals surface area contributed by atoms with Crippen LogP contribution in [0.3, 0.4) is 0 Å². The van der Waals surface area contributed by atoms with Crippen molar-refractivity contribution in [2.24, 2.45) is 0 Å². The van der Waals surface area contributed by atoms with Gasteiger partial charge in [0.2, 0.25) is 0 Å². The van der Waals surface area contributed by atoms with E-state index >= 15 is 0 Å². The van der Waals surface area contributed by atoms with E-state index in [0.717, 1.165) is 43.5 Å². The Morgan fingerprint density at radius 2 is 1.67 bits per heavy atom. The second-order valence-corrected chi connectivity index (χ2v) is 9.73. The van der Waals surface area contributed by atoms with Gasteiger partial charge in [0, 0.05) is 31.8 Å². The first-order chi connectivity index (χ1) is 15.9. The third-order valence-electron chi connectivity index (χ3n) is 7.81. The number of carbonyl (C=O) groups is 1. The minimum atomic E-state index is -0.174. The molecular weight excluding hydrogens is 414 g/mol. The van der Waals surface area contributed by atoms with Crippen LogP contribution in [-0.2, 0) is 12.1 Å². The standard InChI is InChI=1S/C27H37N3O3/c1-28(2)27(23-8-5-4-6-9-23)16-14-26(15-17-27)21-29(25(32)30(26)18-7-19-31)20-22-10-12-24(33-3)13-11-22/h4-6,8-13,31H,7,14-21H2,1-3H3. The maximum Gasteiger partial charge on any atom is 0.320 e. The van der Waals surface area contributed by atoms with Crippen molar-refractivity contribution in [2.75, 3.05) is 40.9 Å². The number of urea groups is 1. The van der Waals surface area contributed by atoms with E-state index in [1.807, 2.05) is 29.2 Å². The van der Waals surface area contributed by atoms with Crippen LogP contribution in [0.1, 0.15) is 43.2 Å². The van der Waals surface area contributed by atoms with Crippen molar-refractivity contribution in [1.29, 1.82) is 0 Å². The van der Waals surface area contributed by atoms with Crippen LogP contribution >= 0.6 is 0 Å². The summed E-state index contributed by atoms with van der Waals surface area (Å²) in [5.41, 5.74) is 2.27. The lowest BCUT2D eigenvalue weighted by Gasteiger charge is -2.51. The molecule has 2 aromatic carbocycles. The zero-order valence-electron chi connectivity index (χ0n) is 20.2. The molecule has 4 rings (SSSR count). The molecule has 178 valence electrons. The molecule has 0 radical (unpaired) electrons. The molecule has 0 aromatic heterocycles. The summed E-state index contributed by atoms with van der Waals surface area (Å²) in [6, 6.07) is 18.8. The Bertz CT molecular complexity index is 921. The highest BCUT2D eigenvalue weighted by atomic mass is 16.5. The molecule has 6 heteroatoms. The van der Waals surface area contributed by atoms with Crippen LogP contribution in [0, 0.1) is 0 Å². The second-order valence-electron chi connectivity index (χ2n) is 9.73. The van der Waals surface area contributed by atoms with Crippen molar-refractivity contribution in [3.63, 3.8) is 0 Å². The number of amides is 2. The lowest BCUT2D eigenvalue weighted by Crippen LogP contribution is -2.55. The third kappa shape index (κ3) is 4.46. The zero-order valence-corrected chi connectivity index (χ0v) is 20.2. The van der Waals surface area contributed by atoms with Gasteiger partial charge in [-0.1, -0.05) is 42.5 Å². The highest BCUT2D eigenvalue weighted by Gasteiger charge is 2.54. The number of hydrogen-bond donors (Lipinski definition) is 1. The molecule has 0 atom stereocenters. The number of ether oxygens (including phenoxy) is 1. The first-order valence-corrected chi connectivity index (χ1v) is 12.0. The van der Waals surface area contributed by atoms with E-state index in [4.69, 9.17) is 4.74 Å². The zero-order chi connectivity index (χ0) is 23.5. The van der Waals surface area contributed by atoms with Crippen molar-refractivity contribution < 1.29 is 14.6 Å². The predicted molar refractivity (Wildman–Crippen MR) is 130 cm³/mol. The van der Waals surface area contributed by atoms with Crippen LogP contribution in [0.15, 0.2) is 54.6 Å². The first-order valence-electron chi connectivity index (χ1n) is 12.0. The number of aliphatic hydroxyl groups is 1. The monoisotopic (exact) mass is 451 g/mol. The summed E-state index contributed by atoms with van der Waals surface area (Å²) in [4.78, 5) is 19.9. The molecular formula is C27H37N3O3. The molecule has 1 N–H and O–H groups in total. The van der Waals surface area contributed by atoms with Gasteiger partial charge in [0.15, 0.2) is 0 Å². The van der Waals surface area contributed by atoms with Crippen molar-refractivity contribution in [1.82, 2.24) is 14.7 Å². The minimum absolute atomic E-state index is 0.0123. The summed E-state index contributed by atoms with van der Waals surface area (Å²) >= 11 is 0. The molecule has 2 amide bonds. The van der Waals surface area contributed by atoms with Gasteiger partial charge in [0.1, 0.15) is 5.75 Å². The molecule has 1 saturated heterocycles. The van der Waals surface area contributed by atoms with Crippen molar-refractivity contribution >= 4 is 6.03 Å². The molecule has 1 aliphatic carbocycles. The molecule has 0 bridgehead atoms. The Morgan fingerprint density at radius 3 is 2.24 bits per heavy atom. The SMILES string of the molecule is COc1ccc(CN2CC3(CCC(c4ccccc4)(N(C)C)CC3)N(CCCO)C2=O)cc1. The molecule has 2 fully saturated rings. The van der Waals surface area contributed by atoms with Crippen LogP contribution in [0.5, 0.6) is 5.75 Å². The van der Waals surface area contributed by atoms with Crippen molar-refractivity contribution in [3.8, 4) is 5.75 Å². The predicted octanol–water partition coefficient (Wildman–Crippen LogP) is 4.09. The number of aliphatic hydroxyl groups excluding tert-OH is 1. The van der Waals surface area contributed by atoms with E-state index in [2.05, 4.69) is 54.2 Å². The van der Waals surface area contributed by atoms with Gasteiger partial charge >= 0.3 is 6.03 Å². The van der Waals surface area contributed by atoms with Gasteiger partial charge in [0.05, 0.1) is 12.6 Å². The average molecular weight is 452 g/mol. The van der Waals surface area contributed by atoms with E-state index in [9.17, 15) is 9.90 Å². The van der Waals surface area contributed by atoms with Crippen LogP contribution < -0.4 is 4.74 Å². The third-order valence-corrected chi connectivity index (χ3v) is 7.81. The van der Waals surface area contributed by atoms with E-state index in [-0.39, 0.29) is 23.7 Å². The van der Waals surface area contributed by atoms with Crippen LogP contribution in [-0.4, -0.2) is 72.3 Å². The van der Waals surface area contributed by atoms with E-state index < -0.39 is 0 Å². The summed E-state index contributed by atoms with van der Waals surface area (Å²) in [6.45, 7) is 2.04. The van der Waals surface area contributed by atoms with Gasteiger partial charge in [-0.25, -0.2) is 4.79 Å². The fourth-order valence-corrected chi connectivity index (χ4v) is 5.82. The Morgan fingerprint density at radius 1 is 1.00 bits per heavy atom. The largest absolute Gasteiger partial charge is 0.497 e. The smallest absolute Gasteiger partial charge is 0.320 e. The van der Waals surface area contributed by atoms with Crippen LogP contribution in [0.2, 0.25) is 0 Å². The molecule has 2 aliphatic rings. The molecule has 6 nitrogen and oxygen atoms in total. The van der Waals surface area contributed by atoms with Gasteiger partial charge in [-0.2, -0.15) is 0 Å². The molecule has 1 spiro atoms. The van der Waals surface area contributed by atoms with Crippen molar-refractivity contribution in [2.45, 2.75) is 49.7 Å². The minimum Gasteiger partial charge on any atom is -0.497 e. The first kappa shape index (κ1) is 23.6. The van der Waals surface area contributed by atoms with E-state index in [0.29, 0.717) is 19.5 Å². The number of benzene rings is 2. The number of carbonyl (C=O) groups excluding carboxylic acids is 1. The van der Waals surface area contributed by atoms with E-state index in [1.54, 1.807) is 7.11 Å². The Kier molecular flexibility index (Phi) is 6.96. The number of rotatable bonds is 8. The molecule has 1 heterocycles. The molecule has 1 saturated carbocycles. The fourth-order valence-electron chi connectivity index (χ4n) is 5.82. The lowest BCUT2D eigenvalue weighted by atomic mass is 9.68. The van der Waals surface area contributed by atoms with Gasteiger partial charge < -0.3 is 19.6 Å². The van der Waals surface area contributed by atoms with Gasteiger partial charge in [-0.3, -0.25) is 4.90 Å². The number of hydrogen-bond acceptors (Lipinski definition) is 4. The Hall–Kier alpha value is -2.57. The molecule has 0 unspecified atom stereocenters. The summed E-state index contributed by atoms with van der Waals surface area (Å²) < 4.78 is 5.27. The summed E-state index contributed by atoms with van der Waals surface area (Å²) in [7, 11) is 6.00. The Balaban J connectivity index is 1.56. The maximum absolute atomic E-state index is 13.5. The summed E-state index contributed by atoms with van der Waals surface area (Å²) in [5.74, 6) is 0.820. The maximum atomic E-state index is 13.5. The van der Waals surface area contributed by atoms with Gasteiger partial charge in [-0.05, 0) is 69.5 Å². The topological polar surface area (TPSA) is 56.3 Å². The quantitative estimate of drug-likeness (QED) is 0.657. The van der Waals surface area contributed by atoms with Gasteiger partial charge in [0.25, 0.3) is 0 Å². The molecule has 1 aliphatic heterocycles. The summed E-state index contributed by atoms with van der Waals surface area (Å²) in [5, 5.41) is 9.48. The lowest BCUT2D eigenvalue weighted by molar-refractivity contribution is 0.0231. The van der Waals surface area contributed by atoms with Crippen molar-refractivity contribution in [3.05, 3.63) is 65.7 Å². The Labute approximate surface area is 197 Å². The highest BCUT2D eigenvalue weighted by Crippen LogP contribution is 2.49. The summed E-state index contributed by atoms with van der Waals surface area (Å²) in [6.07, 6.45) is 4.53. The molecule has 33 heavy (non-hydrogen) atoms. The molecule has 2 aromatic rings. The van der Waals surface area contributed by atoms with Crippen LogP contribution in [0.4, 0.5) is 4.79 Å². The second kappa shape index (κ2) is 9.74. The fraction of sp³-hybridized carbons (Fsp3) is 0.519. The number of methoxy groups -OCH3 is 1. The number of nitrogens with zero attached hydrogens (tertiary/aromatic N) is 3. The highest BCUT2D eigenvalue weighted by molar-refractivity contribution is 5.78. The van der Waals surface area contributed by atoms with Gasteiger partial charge in [-0.15, -0.1) is 0 Å². The van der Waals surface area contributed by atoms with E-state index in [1.165, 1.54) is 5.56 Å². The normalized spacial score (nSPS) is 25.3. The van der Waals surface area contributed by atoms with Crippen LogP contribution in [0.25, 0.3) is 0 Å². The average Bonchev–Trinajstić information content (AvgIpc) is 3.09.